The van der Waals surface area contributed by atoms with Crippen molar-refractivity contribution in [3.8, 4) is 10.6 Å². The Hall–Kier alpha value is -1.92. The van der Waals surface area contributed by atoms with Crippen molar-refractivity contribution >= 4 is 11.3 Å². The number of nitrogens with one attached hydrogen (secondary N) is 1. The molecule has 1 aliphatic heterocycles. The first-order chi connectivity index (χ1) is 12.2. The average Bonchev–Trinajstić information content (AvgIpc) is 3.35. The molecule has 1 N–H and O–H groups in total. The minimum absolute atomic E-state index is 0.474. The minimum atomic E-state index is 0.474. The lowest BCUT2D eigenvalue weighted by Crippen LogP contribution is -2.34. The van der Waals surface area contributed by atoms with Gasteiger partial charge in [-0.05, 0) is 51.4 Å². The molecule has 0 radical (unpaired) electrons. The van der Waals surface area contributed by atoms with Crippen LogP contribution in [0.1, 0.15) is 49.4 Å². The summed E-state index contributed by atoms with van der Waals surface area (Å²) in [7, 11) is 0. The molecule has 0 aliphatic carbocycles. The van der Waals surface area contributed by atoms with E-state index in [4.69, 9.17) is 0 Å². The Labute approximate surface area is 152 Å². The van der Waals surface area contributed by atoms with E-state index in [-0.39, 0.29) is 0 Å². The first-order valence-corrected chi connectivity index (χ1v) is 9.86. The number of aromatic amines is 1. The molecule has 0 bridgehead atoms. The third-order valence-corrected chi connectivity index (χ3v) is 6.04. The van der Waals surface area contributed by atoms with Gasteiger partial charge in [-0.3, -0.25) is 10.00 Å². The Kier molecular flexibility index (Phi) is 4.72. The zero-order chi connectivity index (χ0) is 17.2. The quantitative estimate of drug-likeness (QED) is 0.742. The lowest BCUT2D eigenvalue weighted by molar-refractivity contribution is 0.195. The van der Waals surface area contributed by atoms with Crippen LogP contribution in [0, 0.1) is 0 Å². The zero-order valence-corrected chi connectivity index (χ0v) is 15.7. The predicted molar refractivity (Wildman–Crippen MR) is 102 cm³/mol. The van der Waals surface area contributed by atoms with E-state index in [2.05, 4.69) is 56.8 Å². The molecular weight excluding hydrogens is 330 g/mol. The summed E-state index contributed by atoms with van der Waals surface area (Å²) in [6.07, 6.45) is 8.36. The van der Waals surface area contributed by atoms with Gasteiger partial charge in [-0.2, -0.15) is 5.10 Å². The number of likely N-dealkylation sites (tertiary alicyclic amines) is 1. The van der Waals surface area contributed by atoms with Crippen LogP contribution in [-0.4, -0.2) is 37.7 Å². The van der Waals surface area contributed by atoms with Crippen molar-refractivity contribution < 1.29 is 0 Å². The molecule has 25 heavy (non-hydrogen) atoms. The second kappa shape index (κ2) is 7.14. The van der Waals surface area contributed by atoms with E-state index in [0.717, 1.165) is 18.8 Å². The third-order valence-electron chi connectivity index (χ3n) is 4.93. The predicted octanol–water partition coefficient (Wildman–Crippen LogP) is 4.30. The molecule has 132 valence electrons. The first-order valence-electron chi connectivity index (χ1n) is 9.04. The molecule has 3 aromatic rings. The molecule has 5 nitrogen and oxygen atoms in total. The maximum absolute atomic E-state index is 4.67. The average molecular weight is 356 g/mol. The first kappa shape index (κ1) is 16.5. The Balaban J connectivity index is 1.44. The fourth-order valence-corrected chi connectivity index (χ4v) is 4.73. The number of piperidine rings is 1. The second-order valence-electron chi connectivity index (χ2n) is 7.10. The summed E-state index contributed by atoms with van der Waals surface area (Å²) in [4.78, 5) is 9.92. The van der Waals surface area contributed by atoms with Gasteiger partial charge in [0.15, 0.2) is 0 Å². The molecule has 0 unspecified atom stereocenters. The van der Waals surface area contributed by atoms with Crippen LogP contribution in [0.3, 0.4) is 0 Å². The molecule has 1 saturated heterocycles. The molecule has 0 aromatic carbocycles. The molecule has 1 fully saturated rings. The highest BCUT2D eigenvalue weighted by Crippen LogP contribution is 2.31. The van der Waals surface area contributed by atoms with Gasteiger partial charge < -0.3 is 4.57 Å². The van der Waals surface area contributed by atoms with Gasteiger partial charge in [0.2, 0.25) is 0 Å². The van der Waals surface area contributed by atoms with Gasteiger partial charge in [-0.25, -0.2) is 4.98 Å². The highest BCUT2D eigenvalue weighted by atomic mass is 32.1. The van der Waals surface area contributed by atoms with Crippen LogP contribution in [0.2, 0.25) is 0 Å². The standard InChI is InChI=1S/C19H25N5S/c1-14(2)24-11-9-20-19(24)15-4-3-10-23(12-15)13-16-5-6-18(25-16)17-7-8-21-22-17/h5-9,11,14-15H,3-4,10,12-13H2,1-2H3,(H,21,22)/t15-/m1/s1. The van der Waals surface area contributed by atoms with Crippen LogP contribution in [0.15, 0.2) is 36.8 Å². The summed E-state index contributed by atoms with van der Waals surface area (Å²) in [6, 6.07) is 6.94. The van der Waals surface area contributed by atoms with Crippen molar-refractivity contribution in [3.63, 3.8) is 0 Å². The maximum atomic E-state index is 4.67. The number of nitrogens with zero attached hydrogens (tertiary/aromatic N) is 4. The van der Waals surface area contributed by atoms with Crippen LogP contribution < -0.4 is 0 Å². The third kappa shape index (κ3) is 3.55. The lowest BCUT2D eigenvalue weighted by atomic mass is 9.97. The Morgan fingerprint density at radius 1 is 1.28 bits per heavy atom. The topological polar surface area (TPSA) is 49.7 Å². The SMILES string of the molecule is CC(C)n1ccnc1[C@@H]1CCCN(Cc2ccc(-c3ccn[nH]3)s2)C1. The number of thiophene rings is 1. The number of aromatic nitrogens is 4. The monoisotopic (exact) mass is 355 g/mol. The Morgan fingerprint density at radius 2 is 2.20 bits per heavy atom. The fraction of sp³-hybridized carbons (Fsp3) is 0.474. The van der Waals surface area contributed by atoms with Crippen LogP contribution in [0.5, 0.6) is 0 Å². The van der Waals surface area contributed by atoms with Gasteiger partial charge in [0, 0.05) is 48.5 Å². The molecule has 0 saturated carbocycles. The summed E-state index contributed by atoms with van der Waals surface area (Å²) < 4.78 is 2.33. The van der Waals surface area contributed by atoms with Gasteiger partial charge in [0.25, 0.3) is 0 Å². The van der Waals surface area contributed by atoms with Crippen molar-refractivity contribution in [2.24, 2.45) is 0 Å². The Morgan fingerprint density at radius 3 is 3.00 bits per heavy atom. The van der Waals surface area contributed by atoms with Gasteiger partial charge in [0.1, 0.15) is 5.82 Å². The highest BCUT2D eigenvalue weighted by Gasteiger charge is 2.25. The number of H-pyrrole nitrogens is 1. The number of hydrogen-bond donors (Lipinski definition) is 1. The molecule has 4 rings (SSSR count). The summed E-state index contributed by atoms with van der Waals surface area (Å²) in [5.41, 5.74) is 1.10. The summed E-state index contributed by atoms with van der Waals surface area (Å²) in [5, 5.41) is 7.09. The molecule has 0 spiro atoms. The normalized spacial score (nSPS) is 18.9. The van der Waals surface area contributed by atoms with E-state index < -0.39 is 0 Å². The van der Waals surface area contributed by atoms with E-state index in [1.165, 1.54) is 35.0 Å². The minimum Gasteiger partial charge on any atom is -0.332 e. The van der Waals surface area contributed by atoms with Gasteiger partial charge in [0.05, 0.1) is 10.6 Å². The van der Waals surface area contributed by atoms with Crippen molar-refractivity contribution in [1.82, 2.24) is 24.6 Å². The van der Waals surface area contributed by atoms with Crippen molar-refractivity contribution in [3.05, 3.63) is 47.5 Å². The van der Waals surface area contributed by atoms with E-state index in [1.54, 1.807) is 6.20 Å². The molecule has 0 amide bonds. The maximum Gasteiger partial charge on any atom is 0.113 e. The van der Waals surface area contributed by atoms with Crippen LogP contribution in [-0.2, 0) is 6.54 Å². The van der Waals surface area contributed by atoms with Gasteiger partial charge >= 0.3 is 0 Å². The van der Waals surface area contributed by atoms with E-state index in [1.807, 2.05) is 23.6 Å². The zero-order valence-electron chi connectivity index (χ0n) is 14.9. The summed E-state index contributed by atoms with van der Waals surface area (Å²) in [6.45, 7) is 7.76. The van der Waals surface area contributed by atoms with Crippen molar-refractivity contribution in [1.29, 1.82) is 0 Å². The number of rotatable bonds is 5. The van der Waals surface area contributed by atoms with Crippen LogP contribution in [0.4, 0.5) is 0 Å². The van der Waals surface area contributed by atoms with Crippen LogP contribution in [0.25, 0.3) is 10.6 Å². The van der Waals surface area contributed by atoms with E-state index in [9.17, 15) is 0 Å². The number of hydrogen-bond acceptors (Lipinski definition) is 4. The van der Waals surface area contributed by atoms with E-state index >= 15 is 0 Å². The largest absolute Gasteiger partial charge is 0.332 e. The highest BCUT2D eigenvalue weighted by molar-refractivity contribution is 7.15. The lowest BCUT2D eigenvalue weighted by Gasteiger charge is -2.32. The van der Waals surface area contributed by atoms with Crippen molar-refractivity contribution in [2.75, 3.05) is 13.1 Å². The van der Waals surface area contributed by atoms with Crippen LogP contribution >= 0.6 is 11.3 Å². The summed E-state index contributed by atoms with van der Waals surface area (Å²) >= 11 is 1.86. The second-order valence-corrected chi connectivity index (χ2v) is 8.27. The summed E-state index contributed by atoms with van der Waals surface area (Å²) in [5.74, 6) is 1.79. The molecule has 4 heterocycles. The molecular formula is C19H25N5S. The molecule has 6 heteroatoms. The molecule has 1 atom stereocenters. The molecule has 1 aliphatic rings. The smallest absolute Gasteiger partial charge is 0.113 e. The Bertz CT molecular complexity index is 802. The number of imidazole rings is 1. The van der Waals surface area contributed by atoms with E-state index in [0.29, 0.717) is 12.0 Å². The van der Waals surface area contributed by atoms with Gasteiger partial charge in [-0.1, -0.05) is 0 Å². The van der Waals surface area contributed by atoms with Gasteiger partial charge in [-0.15, -0.1) is 11.3 Å². The van der Waals surface area contributed by atoms with Crippen molar-refractivity contribution in [2.45, 2.75) is 45.2 Å². The molecule has 3 aromatic heterocycles. The fourth-order valence-electron chi connectivity index (χ4n) is 3.71.